The van der Waals surface area contributed by atoms with Crippen LogP contribution in [0, 0.1) is 0 Å². The van der Waals surface area contributed by atoms with Crippen LogP contribution in [-0.2, 0) is 16.9 Å². The third kappa shape index (κ3) is 5.58. The van der Waals surface area contributed by atoms with Crippen LogP contribution in [0.5, 0.6) is 0 Å². The Labute approximate surface area is 156 Å². The molecule has 0 saturated heterocycles. The van der Waals surface area contributed by atoms with Gasteiger partial charge in [0.25, 0.3) is 0 Å². The quantitative estimate of drug-likeness (QED) is 0.714. The van der Waals surface area contributed by atoms with Crippen LogP contribution in [-0.4, -0.2) is 47.6 Å². The summed E-state index contributed by atoms with van der Waals surface area (Å²) in [4.78, 5) is 18.8. The predicted octanol–water partition coefficient (Wildman–Crippen LogP) is 1.86. The smallest absolute Gasteiger partial charge is 0.240 e. The summed E-state index contributed by atoms with van der Waals surface area (Å²) < 4.78 is 5.41. The number of rotatable bonds is 8. The molecule has 2 N–H and O–H groups in total. The van der Waals surface area contributed by atoms with E-state index in [0.29, 0.717) is 24.8 Å². The van der Waals surface area contributed by atoms with E-state index in [1.165, 1.54) is 0 Å². The van der Waals surface area contributed by atoms with Crippen LogP contribution >= 0.6 is 24.8 Å². The molecule has 1 fully saturated rings. The molecular weight excluding hydrogens is 353 g/mol. The summed E-state index contributed by atoms with van der Waals surface area (Å²) in [6.45, 7) is 7.05. The maximum absolute atomic E-state index is 12.0. The lowest BCUT2D eigenvalue weighted by atomic mass is 9.96. The maximum atomic E-state index is 12.0. The summed E-state index contributed by atoms with van der Waals surface area (Å²) in [5.41, 5.74) is -0.459. The topological polar surface area (TPSA) is 83.3 Å². The van der Waals surface area contributed by atoms with Crippen molar-refractivity contribution < 1.29 is 9.32 Å². The molecule has 0 aromatic carbocycles. The van der Waals surface area contributed by atoms with Gasteiger partial charge in [-0.25, -0.2) is 0 Å². The molecule has 0 atom stereocenters. The zero-order valence-electron chi connectivity index (χ0n) is 14.6. The Kier molecular flexibility index (Phi) is 10.5. The molecule has 7 nitrogen and oxygen atoms in total. The second-order valence-electron chi connectivity index (χ2n) is 5.84. The number of likely N-dealkylation sites (N-methyl/N-ethyl adjacent to an activating group) is 1. The fourth-order valence-corrected chi connectivity index (χ4v) is 3.01. The number of nitrogens with zero attached hydrogens (tertiary/aromatic N) is 3. The summed E-state index contributed by atoms with van der Waals surface area (Å²) in [6, 6.07) is 0. The molecule has 0 unspecified atom stereocenters. The highest BCUT2D eigenvalue weighted by molar-refractivity contribution is 5.85. The van der Waals surface area contributed by atoms with E-state index in [1.54, 1.807) is 7.05 Å². The Hall–Kier alpha value is -0.890. The average Bonchev–Trinajstić information content (AvgIpc) is 3.15. The molecule has 2 rings (SSSR count). The Morgan fingerprint density at radius 1 is 1.25 bits per heavy atom. The third-order valence-corrected chi connectivity index (χ3v) is 4.32. The van der Waals surface area contributed by atoms with Gasteiger partial charge in [-0.1, -0.05) is 31.8 Å². The van der Waals surface area contributed by atoms with Gasteiger partial charge in [-0.15, -0.1) is 24.8 Å². The normalized spacial score (nSPS) is 15.7. The van der Waals surface area contributed by atoms with Crippen molar-refractivity contribution in [1.82, 2.24) is 25.7 Å². The minimum atomic E-state index is -0.459. The lowest BCUT2D eigenvalue weighted by molar-refractivity contribution is -0.122. The first kappa shape index (κ1) is 23.1. The lowest BCUT2D eigenvalue weighted by Crippen LogP contribution is -2.47. The van der Waals surface area contributed by atoms with E-state index in [4.69, 9.17) is 4.52 Å². The van der Waals surface area contributed by atoms with Crippen LogP contribution in [0.2, 0.25) is 0 Å². The first-order chi connectivity index (χ1) is 10.6. The zero-order valence-corrected chi connectivity index (χ0v) is 16.3. The standard InChI is InChI=1S/C15H27N5O2.2ClH/c1-4-20(5-2)11-13-17-14(19-22-13)15(8-6-7-9-15)18-12(21)10-16-3;;/h16H,4-11H2,1-3H3,(H,18,21);2*1H. The first-order valence-electron chi connectivity index (χ1n) is 8.14. The highest BCUT2D eigenvalue weighted by atomic mass is 35.5. The first-order valence-corrected chi connectivity index (χ1v) is 8.14. The number of halogens is 2. The van der Waals surface area contributed by atoms with Gasteiger partial charge < -0.3 is 15.2 Å². The molecule has 24 heavy (non-hydrogen) atoms. The van der Waals surface area contributed by atoms with E-state index in [-0.39, 0.29) is 30.7 Å². The molecule has 140 valence electrons. The van der Waals surface area contributed by atoms with Crippen molar-refractivity contribution in [2.45, 2.75) is 51.6 Å². The fraction of sp³-hybridized carbons (Fsp3) is 0.800. The third-order valence-electron chi connectivity index (χ3n) is 4.32. The molecule has 1 aliphatic carbocycles. The van der Waals surface area contributed by atoms with E-state index >= 15 is 0 Å². The van der Waals surface area contributed by atoms with Gasteiger partial charge in [-0.3, -0.25) is 9.69 Å². The van der Waals surface area contributed by atoms with Gasteiger partial charge in [-0.2, -0.15) is 4.98 Å². The van der Waals surface area contributed by atoms with Gasteiger partial charge in [0.1, 0.15) is 5.54 Å². The minimum absolute atomic E-state index is 0. The Balaban J connectivity index is 0.00000264. The largest absolute Gasteiger partial charge is 0.342 e. The molecule has 1 amide bonds. The van der Waals surface area contributed by atoms with Crippen LogP contribution in [0.1, 0.15) is 51.2 Å². The van der Waals surface area contributed by atoms with Crippen LogP contribution in [0.15, 0.2) is 4.52 Å². The number of carbonyl (C=O) groups is 1. The number of carbonyl (C=O) groups excluding carboxylic acids is 1. The minimum Gasteiger partial charge on any atom is -0.342 e. The van der Waals surface area contributed by atoms with Crippen molar-refractivity contribution in [2.75, 3.05) is 26.7 Å². The molecule has 1 heterocycles. The average molecular weight is 382 g/mol. The molecule has 1 aromatic heterocycles. The van der Waals surface area contributed by atoms with Gasteiger partial charge in [-0.05, 0) is 33.0 Å². The van der Waals surface area contributed by atoms with Crippen molar-refractivity contribution in [3.05, 3.63) is 11.7 Å². The van der Waals surface area contributed by atoms with Crippen molar-refractivity contribution in [3.63, 3.8) is 0 Å². The predicted molar refractivity (Wildman–Crippen MR) is 97.6 cm³/mol. The van der Waals surface area contributed by atoms with Gasteiger partial charge >= 0.3 is 0 Å². The van der Waals surface area contributed by atoms with E-state index in [0.717, 1.165) is 38.8 Å². The second kappa shape index (κ2) is 10.9. The van der Waals surface area contributed by atoms with E-state index in [1.807, 2.05) is 0 Å². The summed E-state index contributed by atoms with van der Waals surface area (Å²) in [5, 5.41) is 10.1. The molecular formula is C15H29Cl2N5O2. The Morgan fingerprint density at radius 2 is 1.88 bits per heavy atom. The Bertz CT molecular complexity index is 488. The summed E-state index contributed by atoms with van der Waals surface area (Å²) in [5.74, 6) is 1.21. The van der Waals surface area contributed by atoms with Gasteiger partial charge in [0.05, 0.1) is 13.1 Å². The van der Waals surface area contributed by atoms with Crippen molar-refractivity contribution in [2.24, 2.45) is 0 Å². The number of aromatic nitrogens is 2. The molecule has 1 saturated carbocycles. The molecule has 1 aromatic rings. The number of amides is 1. The van der Waals surface area contributed by atoms with Crippen LogP contribution in [0.25, 0.3) is 0 Å². The van der Waals surface area contributed by atoms with E-state index in [9.17, 15) is 4.79 Å². The van der Waals surface area contributed by atoms with Crippen LogP contribution in [0.3, 0.4) is 0 Å². The van der Waals surface area contributed by atoms with E-state index in [2.05, 4.69) is 39.5 Å². The molecule has 0 radical (unpaired) electrons. The monoisotopic (exact) mass is 381 g/mol. The van der Waals surface area contributed by atoms with Crippen LogP contribution < -0.4 is 10.6 Å². The molecule has 9 heteroatoms. The van der Waals surface area contributed by atoms with Crippen molar-refractivity contribution in [3.8, 4) is 0 Å². The number of hydrogen-bond acceptors (Lipinski definition) is 6. The Morgan fingerprint density at radius 3 is 2.42 bits per heavy atom. The zero-order chi connectivity index (χ0) is 16.0. The van der Waals surface area contributed by atoms with E-state index < -0.39 is 5.54 Å². The van der Waals surface area contributed by atoms with Gasteiger partial charge in [0, 0.05) is 0 Å². The summed E-state index contributed by atoms with van der Waals surface area (Å²) in [7, 11) is 1.76. The molecule has 0 aliphatic heterocycles. The summed E-state index contributed by atoms with van der Waals surface area (Å²) >= 11 is 0. The number of nitrogens with one attached hydrogen (secondary N) is 2. The highest BCUT2D eigenvalue weighted by Crippen LogP contribution is 2.37. The SMILES string of the molecule is CCN(CC)Cc1nc(C2(NC(=O)CNC)CCCC2)no1.Cl.Cl. The highest BCUT2D eigenvalue weighted by Gasteiger charge is 2.41. The molecule has 0 spiro atoms. The molecule has 1 aliphatic rings. The fourth-order valence-electron chi connectivity index (χ4n) is 3.01. The maximum Gasteiger partial charge on any atom is 0.240 e. The van der Waals surface area contributed by atoms with Crippen LogP contribution in [0.4, 0.5) is 0 Å². The lowest BCUT2D eigenvalue weighted by Gasteiger charge is -2.26. The molecule has 0 bridgehead atoms. The van der Waals surface area contributed by atoms with Crippen molar-refractivity contribution in [1.29, 1.82) is 0 Å². The van der Waals surface area contributed by atoms with Crippen molar-refractivity contribution >= 4 is 30.7 Å². The second-order valence-corrected chi connectivity index (χ2v) is 5.84. The number of hydrogen-bond donors (Lipinski definition) is 2. The summed E-state index contributed by atoms with van der Waals surface area (Å²) in [6.07, 6.45) is 3.87. The van der Waals surface area contributed by atoms with Gasteiger partial charge in [0.2, 0.25) is 11.8 Å². The van der Waals surface area contributed by atoms with Gasteiger partial charge in [0.15, 0.2) is 5.82 Å².